The average Bonchev–Trinajstić information content (AvgIpc) is 3.21. The summed E-state index contributed by atoms with van der Waals surface area (Å²) < 4.78 is 27.9. The number of anilines is 1. The number of nitrogens with two attached hydrogens (primary N) is 1. The number of sulfonamides is 1. The molecule has 1 aliphatic heterocycles. The van der Waals surface area contributed by atoms with E-state index in [0.29, 0.717) is 23.5 Å². The van der Waals surface area contributed by atoms with Crippen LogP contribution < -0.4 is 11.1 Å². The van der Waals surface area contributed by atoms with Gasteiger partial charge in [0.2, 0.25) is 10.0 Å². The van der Waals surface area contributed by atoms with E-state index in [0.717, 1.165) is 31.6 Å². The summed E-state index contributed by atoms with van der Waals surface area (Å²) in [6.07, 6.45) is 3.43. The lowest BCUT2D eigenvalue weighted by atomic mass is 10.1. The maximum atomic E-state index is 13.2. The molecule has 1 heterocycles. The summed E-state index contributed by atoms with van der Waals surface area (Å²) in [4.78, 5) is 6.85. The van der Waals surface area contributed by atoms with Gasteiger partial charge in [0.1, 0.15) is 0 Å². The van der Waals surface area contributed by atoms with E-state index in [-0.39, 0.29) is 12.5 Å². The Hall–Kier alpha value is -2.42. The Bertz CT molecular complexity index is 1040. The number of guanidine groups is 1. The smallest absolute Gasteiger partial charge is 0.243 e. The molecule has 0 bridgehead atoms. The van der Waals surface area contributed by atoms with Gasteiger partial charge in [0, 0.05) is 31.9 Å². The molecule has 4 rings (SSSR count). The van der Waals surface area contributed by atoms with E-state index >= 15 is 0 Å². The molecule has 0 aromatic heterocycles. The number of nitrogens with one attached hydrogen (secondary N) is 1. The molecule has 7 nitrogen and oxygen atoms in total. The minimum absolute atomic E-state index is 0.201. The lowest BCUT2D eigenvalue weighted by Crippen LogP contribution is -2.47. The normalized spacial score (nSPS) is 18.4. The van der Waals surface area contributed by atoms with Crippen molar-refractivity contribution in [2.45, 2.75) is 30.7 Å². The second-order valence-corrected chi connectivity index (χ2v) is 9.88. The Morgan fingerprint density at radius 2 is 1.80 bits per heavy atom. The predicted molar refractivity (Wildman–Crippen MR) is 120 cm³/mol. The summed E-state index contributed by atoms with van der Waals surface area (Å²) in [6, 6.07) is 13.3. The first-order valence-electron chi connectivity index (χ1n) is 10.4. The third kappa shape index (κ3) is 4.50. The monoisotopic (exact) mass is 427 g/mol. The van der Waals surface area contributed by atoms with Gasteiger partial charge in [0.05, 0.1) is 11.4 Å². The molecule has 8 heteroatoms. The fourth-order valence-electron chi connectivity index (χ4n) is 4.06. The lowest BCUT2D eigenvalue weighted by Gasteiger charge is -2.32. The van der Waals surface area contributed by atoms with Gasteiger partial charge in [0.25, 0.3) is 0 Å². The van der Waals surface area contributed by atoms with Crippen LogP contribution in [0.3, 0.4) is 0 Å². The molecule has 0 unspecified atom stereocenters. The van der Waals surface area contributed by atoms with Crippen LogP contribution in [0.4, 0.5) is 5.69 Å². The van der Waals surface area contributed by atoms with Gasteiger partial charge < -0.3 is 16.0 Å². The van der Waals surface area contributed by atoms with Gasteiger partial charge >= 0.3 is 0 Å². The molecule has 1 saturated heterocycles. The van der Waals surface area contributed by atoms with Gasteiger partial charge in [-0.1, -0.05) is 24.3 Å². The Morgan fingerprint density at radius 1 is 1.07 bits per heavy atom. The summed E-state index contributed by atoms with van der Waals surface area (Å²) in [5, 5.41) is 3.13. The minimum atomic E-state index is -3.55. The number of benzene rings is 2. The minimum Gasteiger partial charge on any atom is -0.370 e. The Kier molecular flexibility index (Phi) is 6.08. The van der Waals surface area contributed by atoms with Crippen molar-refractivity contribution in [3.05, 3.63) is 59.2 Å². The molecule has 30 heavy (non-hydrogen) atoms. The summed E-state index contributed by atoms with van der Waals surface area (Å²) in [5.41, 5.74) is 10.4. The van der Waals surface area contributed by atoms with Crippen LogP contribution in [0.5, 0.6) is 0 Å². The quantitative estimate of drug-likeness (QED) is 0.563. The molecule has 3 N–H and O–H groups in total. The second kappa shape index (κ2) is 8.75. The van der Waals surface area contributed by atoms with Crippen LogP contribution in [0.25, 0.3) is 0 Å². The average molecular weight is 428 g/mol. The maximum Gasteiger partial charge on any atom is 0.243 e. The van der Waals surface area contributed by atoms with Gasteiger partial charge in [-0.15, -0.1) is 0 Å². The third-order valence-corrected chi connectivity index (χ3v) is 7.84. The number of rotatable bonds is 5. The number of fused-ring (bicyclic) bond motifs is 1. The second-order valence-electron chi connectivity index (χ2n) is 7.98. The highest BCUT2D eigenvalue weighted by Crippen LogP contribution is 2.25. The zero-order valence-corrected chi connectivity index (χ0v) is 18.2. The highest BCUT2D eigenvalue weighted by atomic mass is 32.2. The summed E-state index contributed by atoms with van der Waals surface area (Å²) in [5.74, 6) is 0.278. The third-order valence-electron chi connectivity index (χ3n) is 5.84. The van der Waals surface area contributed by atoms with Gasteiger partial charge in [-0.2, -0.15) is 4.31 Å². The molecule has 2 aromatic carbocycles. The first kappa shape index (κ1) is 20.8. The summed E-state index contributed by atoms with van der Waals surface area (Å²) >= 11 is 0. The zero-order valence-electron chi connectivity index (χ0n) is 17.3. The number of piperazine rings is 1. The Labute approximate surface area is 178 Å². The van der Waals surface area contributed by atoms with E-state index < -0.39 is 10.0 Å². The van der Waals surface area contributed by atoms with E-state index in [2.05, 4.69) is 27.3 Å². The molecular weight excluding hydrogens is 398 g/mol. The lowest BCUT2D eigenvalue weighted by molar-refractivity contribution is 0.222. The van der Waals surface area contributed by atoms with Gasteiger partial charge in [-0.3, -0.25) is 0 Å². The molecule has 1 aliphatic carbocycles. The molecule has 160 valence electrons. The van der Waals surface area contributed by atoms with Crippen LogP contribution in [0.2, 0.25) is 0 Å². The van der Waals surface area contributed by atoms with Crippen molar-refractivity contribution in [2.75, 3.05) is 38.5 Å². The molecule has 2 aliphatic rings. The first-order chi connectivity index (χ1) is 14.4. The number of hydrogen-bond donors (Lipinski definition) is 2. The fourth-order valence-corrected chi connectivity index (χ4v) is 5.70. The molecule has 0 amide bonds. The number of likely N-dealkylation sites (N-methyl/N-ethyl adjacent to an activating group) is 1. The largest absolute Gasteiger partial charge is 0.370 e. The molecule has 0 radical (unpaired) electrons. The van der Waals surface area contributed by atoms with Crippen LogP contribution in [0.1, 0.15) is 23.1 Å². The number of nitrogens with zero attached hydrogens (tertiary/aromatic N) is 3. The highest BCUT2D eigenvalue weighted by Gasteiger charge is 2.29. The van der Waals surface area contributed by atoms with Crippen molar-refractivity contribution >= 4 is 21.7 Å². The molecule has 0 spiro atoms. The van der Waals surface area contributed by atoms with Crippen LogP contribution >= 0.6 is 0 Å². The van der Waals surface area contributed by atoms with Crippen molar-refractivity contribution in [3.63, 3.8) is 0 Å². The topological polar surface area (TPSA) is 91.0 Å². The van der Waals surface area contributed by atoms with Crippen LogP contribution in [0, 0.1) is 0 Å². The molecule has 0 saturated carbocycles. The van der Waals surface area contributed by atoms with Crippen LogP contribution in [-0.4, -0.2) is 56.8 Å². The van der Waals surface area contributed by atoms with Crippen LogP contribution in [-0.2, 0) is 29.4 Å². The van der Waals surface area contributed by atoms with Crippen molar-refractivity contribution in [2.24, 2.45) is 10.7 Å². The van der Waals surface area contributed by atoms with E-state index in [1.807, 2.05) is 19.2 Å². The number of aliphatic imine (C=N–C) groups is 1. The van der Waals surface area contributed by atoms with E-state index in [4.69, 9.17) is 5.73 Å². The van der Waals surface area contributed by atoms with Gasteiger partial charge in [-0.25, -0.2) is 13.4 Å². The van der Waals surface area contributed by atoms with Crippen LogP contribution in [0.15, 0.2) is 52.4 Å². The molecule has 1 fully saturated rings. The van der Waals surface area contributed by atoms with Crippen molar-refractivity contribution < 1.29 is 8.42 Å². The fraction of sp³-hybridized carbons (Fsp3) is 0.409. The summed E-state index contributed by atoms with van der Waals surface area (Å²) in [6.45, 7) is 2.66. The first-order valence-corrected chi connectivity index (χ1v) is 11.8. The SMILES string of the molecule is CN1CCN(S(=O)(=O)c2ccccc2CN=C(N)Nc2ccc3c(c2)CCC3)CC1. The zero-order chi connectivity index (χ0) is 21.1. The maximum absolute atomic E-state index is 13.2. The molecular formula is C22H29N5O2S. The highest BCUT2D eigenvalue weighted by molar-refractivity contribution is 7.89. The Morgan fingerprint density at radius 3 is 2.60 bits per heavy atom. The van der Waals surface area contributed by atoms with Crippen molar-refractivity contribution in [3.8, 4) is 0 Å². The van der Waals surface area contributed by atoms with Gasteiger partial charge in [0.15, 0.2) is 5.96 Å². The Balaban J connectivity index is 1.48. The van der Waals surface area contributed by atoms with Crippen molar-refractivity contribution in [1.29, 1.82) is 0 Å². The molecule has 0 atom stereocenters. The van der Waals surface area contributed by atoms with E-state index in [1.165, 1.54) is 17.5 Å². The standard InChI is InChI=1S/C22H29N5O2S/c1-26-11-13-27(14-12-26)30(28,29)21-8-3-2-5-19(21)16-24-22(23)25-20-10-9-17-6-4-7-18(17)15-20/h2-3,5,8-10,15H,4,6-7,11-14,16H2,1H3,(H3,23,24,25). The number of aryl methyl sites for hydroxylation is 2. The summed E-state index contributed by atoms with van der Waals surface area (Å²) in [7, 11) is -1.55. The van der Waals surface area contributed by atoms with Gasteiger partial charge in [-0.05, 0) is 61.2 Å². The van der Waals surface area contributed by atoms with E-state index in [1.54, 1.807) is 22.5 Å². The van der Waals surface area contributed by atoms with E-state index in [9.17, 15) is 8.42 Å². The predicted octanol–water partition coefficient (Wildman–Crippen LogP) is 2.04. The number of hydrogen-bond acceptors (Lipinski definition) is 4. The van der Waals surface area contributed by atoms with Crippen molar-refractivity contribution in [1.82, 2.24) is 9.21 Å². The molecule has 2 aromatic rings.